The Morgan fingerprint density at radius 1 is 1.21 bits per heavy atom. The quantitative estimate of drug-likeness (QED) is 0.870. The number of nitrogens with one attached hydrogen (secondary N) is 1. The fraction of sp³-hybridized carbons (Fsp3) is 0.529. The molecule has 0 radical (unpaired) electrons. The summed E-state index contributed by atoms with van der Waals surface area (Å²) in [5.41, 5.74) is 0.542. The molecule has 7 heteroatoms. The summed E-state index contributed by atoms with van der Waals surface area (Å²) in [4.78, 5) is 28.4. The summed E-state index contributed by atoms with van der Waals surface area (Å²) in [5.74, 6) is -0.878. The van der Waals surface area contributed by atoms with Crippen molar-refractivity contribution >= 4 is 17.5 Å². The Morgan fingerprint density at radius 2 is 1.92 bits per heavy atom. The first-order chi connectivity index (χ1) is 11.6. The molecule has 2 heterocycles. The van der Waals surface area contributed by atoms with E-state index in [2.05, 4.69) is 10.2 Å². The molecule has 130 valence electrons. The zero-order chi connectivity index (χ0) is 16.9. The molecule has 1 aromatic rings. The molecule has 2 aliphatic heterocycles. The van der Waals surface area contributed by atoms with Gasteiger partial charge in [0, 0.05) is 44.8 Å². The van der Waals surface area contributed by atoms with Crippen LogP contribution in [0.3, 0.4) is 0 Å². The first-order valence-electron chi connectivity index (χ1n) is 8.26. The number of benzene rings is 1. The van der Waals surface area contributed by atoms with Crippen molar-refractivity contribution in [3.63, 3.8) is 0 Å². The van der Waals surface area contributed by atoms with Crippen LogP contribution >= 0.6 is 0 Å². The average Bonchev–Trinajstić information content (AvgIpc) is 2.97. The van der Waals surface area contributed by atoms with E-state index in [1.807, 2.05) is 0 Å². The van der Waals surface area contributed by atoms with Gasteiger partial charge in [-0.15, -0.1) is 0 Å². The zero-order valence-corrected chi connectivity index (χ0v) is 13.5. The Hall–Kier alpha value is -1.99. The molecule has 0 saturated carbocycles. The maximum absolute atomic E-state index is 12.9. The molecule has 1 unspecified atom stereocenters. The van der Waals surface area contributed by atoms with Gasteiger partial charge in [0.25, 0.3) is 0 Å². The largest absolute Gasteiger partial charge is 0.379 e. The molecule has 2 saturated heterocycles. The number of rotatable bonds is 5. The fourth-order valence-electron chi connectivity index (χ4n) is 3.03. The van der Waals surface area contributed by atoms with E-state index in [4.69, 9.17) is 4.74 Å². The highest BCUT2D eigenvalue weighted by Crippen LogP contribution is 2.20. The van der Waals surface area contributed by atoms with Crippen molar-refractivity contribution in [3.8, 4) is 0 Å². The van der Waals surface area contributed by atoms with Gasteiger partial charge in [0.1, 0.15) is 5.82 Å². The molecule has 3 rings (SSSR count). The maximum Gasteiger partial charge on any atom is 0.229 e. The number of carbonyl (C=O) groups is 2. The highest BCUT2D eigenvalue weighted by molar-refractivity contribution is 5.97. The number of hydrogen-bond donors (Lipinski definition) is 1. The Morgan fingerprint density at radius 3 is 2.62 bits per heavy atom. The van der Waals surface area contributed by atoms with E-state index >= 15 is 0 Å². The van der Waals surface area contributed by atoms with Gasteiger partial charge in [0.2, 0.25) is 11.8 Å². The summed E-state index contributed by atoms with van der Waals surface area (Å²) >= 11 is 0. The van der Waals surface area contributed by atoms with Crippen molar-refractivity contribution in [1.29, 1.82) is 0 Å². The molecule has 2 fully saturated rings. The number of morpholine rings is 1. The fourth-order valence-corrected chi connectivity index (χ4v) is 3.03. The summed E-state index contributed by atoms with van der Waals surface area (Å²) in [6.45, 7) is 5.12. The minimum Gasteiger partial charge on any atom is -0.379 e. The monoisotopic (exact) mass is 335 g/mol. The van der Waals surface area contributed by atoms with Crippen molar-refractivity contribution < 1.29 is 18.7 Å². The predicted octanol–water partition coefficient (Wildman–Crippen LogP) is 0.945. The summed E-state index contributed by atoms with van der Waals surface area (Å²) in [7, 11) is 0. The van der Waals surface area contributed by atoms with Gasteiger partial charge in [0.05, 0.1) is 19.1 Å². The number of halogens is 1. The van der Waals surface area contributed by atoms with Crippen LogP contribution in [-0.4, -0.2) is 67.6 Å². The van der Waals surface area contributed by atoms with Gasteiger partial charge < -0.3 is 15.0 Å². The zero-order valence-electron chi connectivity index (χ0n) is 13.5. The Kier molecular flexibility index (Phi) is 5.42. The van der Waals surface area contributed by atoms with Gasteiger partial charge in [-0.25, -0.2) is 4.39 Å². The van der Waals surface area contributed by atoms with Gasteiger partial charge in [-0.1, -0.05) is 0 Å². The minimum absolute atomic E-state index is 0.0162. The first-order valence-corrected chi connectivity index (χ1v) is 8.26. The lowest BCUT2D eigenvalue weighted by atomic mass is 10.1. The molecular weight excluding hydrogens is 313 g/mol. The van der Waals surface area contributed by atoms with Crippen LogP contribution in [-0.2, 0) is 14.3 Å². The molecule has 0 bridgehead atoms. The lowest BCUT2D eigenvalue weighted by Crippen LogP contribution is -2.42. The van der Waals surface area contributed by atoms with Crippen LogP contribution in [0.25, 0.3) is 0 Å². The average molecular weight is 335 g/mol. The lowest BCUT2D eigenvalue weighted by molar-refractivity contribution is -0.128. The second kappa shape index (κ2) is 7.72. The second-order valence-electron chi connectivity index (χ2n) is 6.19. The maximum atomic E-state index is 12.9. The molecule has 0 spiro atoms. The van der Waals surface area contributed by atoms with Crippen LogP contribution in [0.5, 0.6) is 0 Å². The summed E-state index contributed by atoms with van der Waals surface area (Å²) < 4.78 is 18.2. The number of hydrogen-bond acceptors (Lipinski definition) is 4. The van der Waals surface area contributed by atoms with Crippen molar-refractivity contribution in [2.24, 2.45) is 5.92 Å². The van der Waals surface area contributed by atoms with E-state index in [1.165, 1.54) is 24.3 Å². The number of ether oxygens (including phenoxy) is 1. The molecule has 2 amide bonds. The molecule has 2 aliphatic rings. The van der Waals surface area contributed by atoms with E-state index < -0.39 is 0 Å². The Labute approximate surface area is 140 Å². The highest BCUT2D eigenvalue weighted by atomic mass is 19.1. The molecule has 1 atom stereocenters. The molecule has 1 aromatic carbocycles. The number of nitrogens with zero attached hydrogens (tertiary/aromatic N) is 2. The van der Waals surface area contributed by atoms with Gasteiger partial charge in [0.15, 0.2) is 0 Å². The number of amides is 2. The van der Waals surface area contributed by atoms with Crippen LogP contribution in [0.1, 0.15) is 6.42 Å². The molecule has 0 aliphatic carbocycles. The lowest BCUT2D eigenvalue weighted by Gasteiger charge is -2.28. The SMILES string of the molecule is O=C(Nc1ccc(F)cc1)C1CC(=O)N(CCN2CCOCC2)C1. The summed E-state index contributed by atoms with van der Waals surface area (Å²) in [6, 6.07) is 5.62. The third-order valence-corrected chi connectivity index (χ3v) is 4.49. The molecule has 24 heavy (non-hydrogen) atoms. The third-order valence-electron chi connectivity index (χ3n) is 4.49. The highest BCUT2D eigenvalue weighted by Gasteiger charge is 2.34. The summed E-state index contributed by atoms with van der Waals surface area (Å²) in [6.07, 6.45) is 0.232. The second-order valence-corrected chi connectivity index (χ2v) is 6.19. The van der Waals surface area contributed by atoms with Gasteiger partial charge in [-0.2, -0.15) is 0 Å². The van der Waals surface area contributed by atoms with Crippen molar-refractivity contribution in [3.05, 3.63) is 30.1 Å². The standard InChI is InChI=1S/C17H22FN3O3/c18-14-1-3-15(4-2-14)19-17(23)13-11-16(22)21(12-13)6-5-20-7-9-24-10-8-20/h1-4,13H,5-12H2,(H,19,23). The molecule has 0 aromatic heterocycles. The van der Waals surface area contributed by atoms with Crippen LogP contribution < -0.4 is 5.32 Å². The first kappa shape index (κ1) is 16.9. The van der Waals surface area contributed by atoms with Crippen LogP contribution in [0.15, 0.2) is 24.3 Å². The van der Waals surface area contributed by atoms with Gasteiger partial charge in [-0.3, -0.25) is 14.5 Å². The smallest absolute Gasteiger partial charge is 0.229 e. The van der Waals surface area contributed by atoms with Crippen LogP contribution in [0, 0.1) is 11.7 Å². The third kappa shape index (κ3) is 4.30. The number of carbonyl (C=O) groups excluding carboxylic acids is 2. The Bertz CT molecular complexity index is 587. The van der Waals surface area contributed by atoms with Crippen LogP contribution in [0.2, 0.25) is 0 Å². The van der Waals surface area contributed by atoms with Crippen LogP contribution in [0.4, 0.5) is 10.1 Å². The van der Waals surface area contributed by atoms with E-state index in [9.17, 15) is 14.0 Å². The predicted molar refractivity (Wildman–Crippen MR) is 87.0 cm³/mol. The number of anilines is 1. The topological polar surface area (TPSA) is 61.9 Å². The van der Waals surface area contributed by atoms with Crippen molar-refractivity contribution in [2.45, 2.75) is 6.42 Å². The summed E-state index contributed by atoms with van der Waals surface area (Å²) in [5, 5.41) is 2.75. The van der Waals surface area contributed by atoms with Gasteiger partial charge >= 0.3 is 0 Å². The minimum atomic E-state index is -0.354. The van der Waals surface area contributed by atoms with E-state index in [-0.39, 0.29) is 30.0 Å². The van der Waals surface area contributed by atoms with Crippen molar-refractivity contribution in [1.82, 2.24) is 9.80 Å². The molecule has 1 N–H and O–H groups in total. The van der Waals surface area contributed by atoms with E-state index in [1.54, 1.807) is 4.90 Å². The van der Waals surface area contributed by atoms with Gasteiger partial charge in [-0.05, 0) is 24.3 Å². The normalized spacial score (nSPS) is 22.0. The van der Waals surface area contributed by atoms with E-state index in [0.717, 1.165) is 32.8 Å². The van der Waals surface area contributed by atoms with E-state index in [0.29, 0.717) is 18.8 Å². The molecular formula is C17H22FN3O3. The Balaban J connectivity index is 1.48. The van der Waals surface area contributed by atoms with Crippen molar-refractivity contribution in [2.75, 3.05) is 51.3 Å². The number of likely N-dealkylation sites (tertiary alicyclic amines) is 1. The molecule has 6 nitrogen and oxygen atoms in total.